The average Bonchev–Trinajstić information content (AvgIpc) is 1.84. The summed E-state index contributed by atoms with van der Waals surface area (Å²) in [6, 6.07) is 0. The molecule has 0 aromatic carbocycles. The van der Waals surface area contributed by atoms with E-state index in [4.69, 9.17) is 12.1 Å². The van der Waals surface area contributed by atoms with Gasteiger partial charge in [0.05, 0.1) is 0 Å². The van der Waals surface area contributed by atoms with Gasteiger partial charge in [-0.2, -0.15) is 0 Å². The van der Waals surface area contributed by atoms with Crippen molar-refractivity contribution in [3.63, 3.8) is 0 Å². The summed E-state index contributed by atoms with van der Waals surface area (Å²) in [4.78, 5) is 0. The van der Waals surface area contributed by atoms with Crippen LogP contribution < -0.4 is 0 Å². The molecule has 0 saturated carbocycles. The van der Waals surface area contributed by atoms with Gasteiger partial charge in [-0.1, -0.05) is 41.5 Å². The zero-order valence-electron chi connectivity index (χ0n) is 8.68. The fraction of sp³-hybridized carbons (Fsp3) is 1.00. The first-order chi connectivity index (χ1) is 4.83. The van der Waals surface area contributed by atoms with Gasteiger partial charge in [0.2, 0.25) is 0 Å². The third-order valence-corrected chi connectivity index (χ3v) is 13.0. The quantitative estimate of drug-likeness (QED) is 0.521. The zero-order chi connectivity index (χ0) is 9.23. The molecule has 0 aromatic heterocycles. The molecule has 0 spiro atoms. The van der Waals surface area contributed by atoms with E-state index in [2.05, 4.69) is 41.5 Å². The van der Waals surface area contributed by atoms with Crippen molar-refractivity contribution in [2.45, 2.75) is 58.2 Å². The second-order valence-corrected chi connectivity index (χ2v) is 11.9. The summed E-state index contributed by atoms with van der Waals surface area (Å²) < 4.78 is 0. The Morgan fingerprint density at radius 1 is 0.750 bits per heavy atom. The van der Waals surface area contributed by atoms with E-state index in [1.165, 1.54) is 0 Å². The monoisotopic (exact) mass is 198 g/mol. The van der Waals surface area contributed by atoms with Gasteiger partial charge >= 0.3 is 18.9 Å². The minimum atomic E-state index is -1.29. The molecule has 0 fully saturated rings. The molecule has 0 radical (unpaired) electrons. The van der Waals surface area contributed by atoms with Crippen molar-refractivity contribution < 1.29 is 0 Å². The van der Waals surface area contributed by atoms with Gasteiger partial charge in [0.25, 0.3) is 0 Å². The van der Waals surface area contributed by atoms with Crippen molar-refractivity contribution in [1.82, 2.24) is 0 Å². The maximum absolute atomic E-state index is 4.94. The fourth-order valence-electron chi connectivity index (χ4n) is 2.00. The Morgan fingerprint density at radius 2 is 0.917 bits per heavy atom. The van der Waals surface area contributed by atoms with Crippen molar-refractivity contribution in [2.24, 2.45) is 0 Å². The minimum absolute atomic E-state index is 0. The molecular weight excluding hydrogens is 175 g/mol. The second-order valence-electron chi connectivity index (χ2n) is 4.35. The van der Waals surface area contributed by atoms with Crippen LogP contribution in [-0.2, 0) is 0 Å². The van der Waals surface area contributed by atoms with Crippen molar-refractivity contribution in [1.29, 1.82) is 0 Å². The van der Waals surface area contributed by atoms with Gasteiger partial charge in [0.1, 0.15) is 7.22 Å². The van der Waals surface area contributed by atoms with Crippen molar-refractivity contribution in [3.05, 3.63) is 0 Å². The molecule has 0 rings (SSSR count). The van der Waals surface area contributed by atoms with Crippen molar-refractivity contribution in [2.75, 3.05) is 0 Å². The van der Waals surface area contributed by atoms with Crippen LogP contribution in [0.5, 0.6) is 0 Å². The van der Waals surface area contributed by atoms with E-state index in [1.54, 1.807) is 0 Å². The molecule has 0 aliphatic carbocycles. The van der Waals surface area contributed by atoms with Crippen LogP contribution in [-0.4, -0.2) is 26.1 Å². The second kappa shape index (κ2) is 5.80. The van der Waals surface area contributed by atoms with E-state index >= 15 is 0 Å². The van der Waals surface area contributed by atoms with Crippen molar-refractivity contribution >= 4 is 38.2 Å². The number of rotatable bonds is 3. The molecule has 0 unspecified atom stereocenters. The first-order valence-corrected chi connectivity index (χ1v) is 8.07. The van der Waals surface area contributed by atoms with E-state index in [1.807, 2.05) is 0 Å². The van der Waals surface area contributed by atoms with Gasteiger partial charge < -0.3 is 0 Å². The fourth-order valence-corrected chi connectivity index (χ4v) is 6.00. The summed E-state index contributed by atoms with van der Waals surface area (Å²) in [5, 5.41) is 0. The Morgan fingerprint density at radius 3 is 0.917 bits per heavy atom. The molecule has 0 bridgehead atoms. The molecular formula is C9H23LiSSi. The molecule has 0 saturated heterocycles. The summed E-state index contributed by atoms with van der Waals surface area (Å²) in [6.07, 6.45) is 0. The van der Waals surface area contributed by atoms with Crippen LogP contribution >= 0.6 is 12.1 Å². The summed E-state index contributed by atoms with van der Waals surface area (Å²) >= 11 is 4.94. The zero-order valence-corrected chi connectivity index (χ0v) is 10.6. The van der Waals surface area contributed by atoms with Gasteiger partial charge in [0, 0.05) is 0 Å². The molecule has 0 heterocycles. The first kappa shape index (κ1) is 15.6. The number of hydrogen-bond donors (Lipinski definition) is 1. The van der Waals surface area contributed by atoms with E-state index in [0.717, 1.165) is 16.6 Å². The molecule has 0 aromatic rings. The van der Waals surface area contributed by atoms with Gasteiger partial charge in [-0.3, -0.25) is 0 Å². The Hall–Kier alpha value is 1.16. The standard InChI is InChI=1S/C9H22SSi.Li.H/c1-7(2)11(10,8(3)4)9(5)6;;/h7-10H,1-6H3;;. The molecule has 0 nitrogen and oxygen atoms in total. The van der Waals surface area contributed by atoms with Crippen LogP contribution in [0.1, 0.15) is 41.5 Å². The molecule has 0 aliphatic heterocycles. The van der Waals surface area contributed by atoms with Crippen LogP contribution in [0.25, 0.3) is 0 Å². The first-order valence-electron chi connectivity index (χ1n) is 4.55. The predicted molar refractivity (Wildman–Crippen MR) is 67.2 cm³/mol. The van der Waals surface area contributed by atoms with Gasteiger partial charge in [-0.25, -0.2) is 12.1 Å². The van der Waals surface area contributed by atoms with Crippen LogP contribution in [0.3, 0.4) is 0 Å². The van der Waals surface area contributed by atoms with Crippen LogP contribution in [0.15, 0.2) is 0 Å². The Kier molecular flexibility index (Phi) is 7.56. The summed E-state index contributed by atoms with van der Waals surface area (Å²) in [7, 11) is -1.29. The topological polar surface area (TPSA) is 0 Å². The Bertz CT molecular complexity index is 102. The van der Waals surface area contributed by atoms with E-state index in [-0.39, 0.29) is 18.9 Å². The van der Waals surface area contributed by atoms with E-state index < -0.39 is 7.22 Å². The van der Waals surface area contributed by atoms with Crippen LogP contribution in [0.4, 0.5) is 0 Å². The van der Waals surface area contributed by atoms with E-state index in [0.29, 0.717) is 0 Å². The third kappa shape index (κ3) is 3.14. The maximum atomic E-state index is 4.94. The van der Waals surface area contributed by atoms with Crippen molar-refractivity contribution in [3.8, 4) is 0 Å². The molecule has 0 aliphatic rings. The third-order valence-electron chi connectivity index (χ3n) is 2.77. The van der Waals surface area contributed by atoms with E-state index in [9.17, 15) is 0 Å². The summed E-state index contributed by atoms with van der Waals surface area (Å²) in [6.45, 7) is 13.9. The van der Waals surface area contributed by atoms with Gasteiger partial charge in [-0.05, 0) is 16.6 Å². The molecule has 3 heteroatoms. The van der Waals surface area contributed by atoms with Gasteiger partial charge in [0.15, 0.2) is 0 Å². The Labute approximate surface area is 96.1 Å². The molecule has 0 amide bonds. The van der Waals surface area contributed by atoms with Gasteiger partial charge in [-0.15, -0.1) is 0 Å². The molecule has 0 N–H and O–H groups in total. The normalized spacial score (nSPS) is 12.5. The summed E-state index contributed by atoms with van der Waals surface area (Å²) in [5.74, 6) is 0. The Balaban J connectivity index is 0. The average molecular weight is 198 g/mol. The molecule has 70 valence electrons. The predicted octanol–water partition coefficient (Wildman–Crippen LogP) is 3.44. The van der Waals surface area contributed by atoms with Crippen LogP contribution in [0, 0.1) is 0 Å². The molecule has 0 atom stereocenters. The summed E-state index contributed by atoms with van der Waals surface area (Å²) in [5.41, 5.74) is 2.35. The SMILES string of the molecule is CC(C)[Si](S)(C(C)C)C(C)C.[LiH]. The van der Waals surface area contributed by atoms with Crippen LogP contribution in [0.2, 0.25) is 16.6 Å². The molecule has 12 heavy (non-hydrogen) atoms. The number of hydrogen-bond acceptors (Lipinski definition) is 1. The number of thiol groups is 1.